The van der Waals surface area contributed by atoms with E-state index in [0.717, 1.165) is 12.8 Å². The standard InChI is InChI=1S/C12H14F2N2S/c1-12(4-5-12)6-16-8-3-2-7(11(15)17)9(13)10(8)14/h2-3,16H,4-6H2,1H3,(H2,15,17). The van der Waals surface area contributed by atoms with E-state index in [4.69, 9.17) is 5.73 Å². The third kappa shape index (κ3) is 2.54. The first-order valence-corrected chi connectivity index (χ1v) is 5.85. The van der Waals surface area contributed by atoms with Crippen molar-refractivity contribution in [2.24, 2.45) is 11.1 Å². The topological polar surface area (TPSA) is 38.0 Å². The van der Waals surface area contributed by atoms with Gasteiger partial charge in [0.15, 0.2) is 11.6 Å². The highest BCUT2D eigenvalue weighted by molar-refractivity contribution is 7.80. The number of halogens is 2. The molecule has 0 unspecified atom stereocenters. The Kier molecular flexibility index (Phi) is 3.03. The van der Waals surface area contributed by atoms with Gasteiger partial charge >= 0.3 is 0 Å². The lowest BCUT2D eigenvalue weighted by atomic mass is 10.1. The van der Waals surface area contributed by atoms with Crippen LogP contribution in [0.4, 0.5) is 14.5 Å². The van der Waals surface area contributed by atoms with Gasteiger partial charge < -0.3 is 11.1 Å². The molecule has 5 heteroatoms. The van der Waals surface area contributed by atoms with E-state index < -0.39 is 11.6 Å². The Morgan fingerprint density at radius 2 is 2.06 bits per heavy atom. The molecule has 1 aliphatic rings. The Labute approximate surface area is 104 Å². The van der Waals surface area contributed by atoms with E-state index in [9.17, 15) is 8.78 Å². The number of hydrogen-bond donors (Lipinski definition) is 2. The molecule has 17 heavy (non-hydrogen) atoms. The summed E-state index contributed by atoms with van der Waals surface area (Å²) in [5.74, 6) is -1.90. The summed E-state index contributed by atoms with van der Waals surface area (Å²) >= 11 is 4.64. The van der Waals surface area contributed by atoms with Crippen molar-refractivity contribution in [3.63, 3.8) is 0 Å². The minimum atomic E-state index is -0.983. The van der Waals surface area contributed by atoms with Gasteiger partial charge in [0.05, 0.1) is 5.69 Å². The van der Waals surface area contributed by atoms with Crippen molar-refractivity contribution in [3.05, 3.63) is 29.3 Å². The predicted molar refractivity (Wildman–Crippen MR) is 68.1 cm³/mol. The van der Waals surface area contributed by atoms with E-state index >= 15 is 0 Å². The number of nitrogens with one attached hydrogen (secondary N) is 1. The van der Waals surface area contributed by atoms with Gasteiger partial charge in [0, 0.05) is 12.1 Å². The molecule has 1 aromatic rings. The fourth-order valence-electron chi connectivity index (χ4n) is 1.58. The van der Waals surface area contributed by atoms with Gasteiger partial charge in [-0.25, -0.2) is 8.78 Å². The van der Waals surface area contributed by atoms with Gasteiger partial charge in [0.1, 0.15) is 4.99 Å². The summed E-state index contributed by atoms with van der Waals surface area (Å²) in [6.45, 7) is 2.76. The van der Waals surface area contributed by atoms with E-state index in [1.165, 1.54) is 12.1 Å². The van der Waals surface area contributed by atoms with Crippen molar-refractivity contribution in [1.29, 1.82) is 0 Å². The zero-order chi connectivity index (χ0) is 12.6. The maximum Gasteiger partial charge on any atom is 0.182 e. The van der Waals surface area contributed by atoms with E-state index in [0.29, 0.717) is 6.54 Å². The molecule has 1 aromatic carbocycles. The van der Waals surface area contributed by atoms with Gasteiger partial charge in [0.2, 0.25) is 0 Å². The third-order valence-electron chi connectivity index (χ3n) is 3.16. The van der Waals surface area contributed by atoms with Crippen molar-refractivity contribution in [2.45, 2.75) is 19.8 Å². The highest BCUT2D eigenvalue weighted by Crippen LogP contribution is 2.44. The highest BCUT2D eigenvalue weighted by Gasteiger charge is 2.37. The van der Waals surface area contributed by atoms with Gasteiger partial charge in [-0.1, -0.05) is 19.1 Å². The Hall–Kier alpha value is -1.23. The zero-order valence-corrected chi connectivity index (χ0v) is 10.3. The first-order valence-electron chi connectivity index (χ1n) is 5.45. The first-order chi connectivity index (χ1) is 7.93. The predicted octanol–water partition coefficient (Wildman–Crippen LogP) is 2.81. The zero-order valence-electron chi connectivity index (χ0n) is 9.52. The number of hydrogen-bond acceptors (Lipinski definition) is 2. The lowest BCUT2D eigenvalue weighted by Gasteiger charge is -2.13. The summed E-state index contributed by atoms with van der Waals surface area (Å²) in [4.78, 5) is -0.137. The van der Waals surface area contributed by atoms with E-state index in [1.54, 1.807) is 0 Å². The lowest BCUT2D eigenvalue weighted by molar-refractivity contribution is 0.507. The van der Waals surface area contributed by atoms with Gasteiger partial charge in [-0.15, -0.1) is 0 Å². The molecule has 0 atom stereocenters. The van der Waals surface area contributed by atoms with Crippen LogP contribution in [0.5, 0.6) is 0 Å². The van der Waals surface area contributed by atoms with Crippen molar-refractivity contribution in [3.8, 4) is 0 Å². The molecule has 0 radical (unpaired) electrons. The summed E-state index contributed by atoms with van der Waals surface area (Å²) in [6, 6.07) is 2.87. The molecule has 1 fully saturated rings. The molecule has 1 saturated carbocycles. The largest absolute Gasteiger partial charge is 0.389 e. The summed E-state index contributed by atoms with van der Waals surface area (Å²) in [7, 11) is 0. The second-order valence-electron chi connectivity index (χ2n) is 4.82. The maximum absolute atomic E-state index is 13.7. The van der Waals surface area contributed by atoms with Gasteiger partial charge in [-0.2, -0.15) is 0 Å². The average Bonchev–Trinajstić information content (AvgIpc) is 2.99. The molecule has 0 bridgehead atoms. The molecular weight excluding hydrogens is 242 g/mol. The minimum absolute atomic E-state index is 0.0549. The fraction of sp³-hybridized carbons (Fsp3) is 0.417. The number of nitrogens with two attached hydrogens (primary N) is 1. The quantitative estimate of drug-likeness (QED) is 0.814. The third-order valence-corrected chi connectivity index (χ3v) is 3.38. The van der Waals surface area contributed by atoms with Crippen molar-refractivity contribution in [1.82, 2.24) is 0 Å². The van der Waals surface area contributed by atoms with Crippen LogP contribution < -0.4 is 11.1 Å². The Morgan fingerprint density at radius 1 is 1.41 bits per heavy atom. The van der Waals surface area contributed by atoms with E-state index in [1.807, 2.05) is 0 Å². The number of thiocarbonyl (C=S) groups is 1. The molecule has 2 nitrogen and oxygen atoms in total. The molecule has 2 rings (SSSR count). The highest BCUT2D eigenvalue weighted by atomic mass is 32.1. The smallest absolute Gasteiger partial charge is 0.182 e. The second-order valence-corrected chi connectivity index (χ2v) is 5.26. The number of rotatable bonds is 4. The summed E-state index contributed by atoms with van der Waals surface area (Å²) in [5, 5.41) is 2.92. The van der Waals surface area contributed by atoms with Crippen LogP contribution in [0.1, 0.15) is 25.3 Å². The Bertz CT molecular complexity index is 470. The maximum atomic E-state index is 13.7. The van der Waals surface area contributed by atoms with Crippen molar-refractivity contribution in [2.75, 3.05) is 11.9 Å². The lowest BCUT2D eigenvalue weighted by Crippen LogP contribution is -2.16. The summed E-state index contributed by atoms with van der Waals surface area (Å²) in [6.07, 6.45) is 2.24. The van der Waals surface area contributed by atoms with Gasteiger partial charge in [-0.05, 0) is 30.4 Å². The molecule has 0 amide bonds. The Morgan fingerprint density at radius 3 is 2.59 bits per heavy atom. The van der Waals surface area contributed by atoms with Crippen LogP contribution in [0.2, 0.25) is 0 Å². The summed E-state index contributed by atoms with van der Waals surface area (Å²) in [5.41, 5.74) is 5.63. The fourth-order valence-corrected chi connectivity index (χ4v) is 1.73. The average molecular weight is 256 g/mol. The van der Waals surface area contributed by atoms with Crippen LogP contribution in [0.15, 0.2) is 12.1 Å². The van der Waals surface area contributed by atoms with Crippen LogP contribution in [-0.4, -0.2) is 11.5 Å². The molecule has 0 heterocycles. The molecule has 3 N–H and O–H groups in total. The van der Waals surface area contributed by atoms with Crippen LogP contribution >= 0.6 is 12.2 Å². The van der Waals surface area contributed by atoms with Gasteiger partial charge in [-0.3, -0.25) is 0 Å². The van der Waals surface area contributed by atoms with Crippen molar-refractivity contribution < 1.29 is 8.78 Å². The Balaban J connectivity index is 2.18. The van der Waals surface area contributed by atoms with E-state index in [-0.39, 0.29) is 21.7 Å². The van der Waals surface area contributed by atoms with Gasteiger partial charge in [0.25, 0.3) is 0 Å². The van der Waals surface area contributed by atoms with Crippen LogP contribution in [0, 0.1) is 17.0 Å². The second kappa shape index (κ2) is 4.22. The SMILES string of the molecule is CC1(CNc2ccc(C(N)=S)c(F)c2F)CC1. The minimum Gasteiger partial charge on any atom is -0.389 e. The van der Waals surface area contributed by atoms with Crippen LogP contribution in [0.25, 0.3) is 0 Å². The molecular formula is C12H14F2N2S. The number of anilines is 1. The number of benzene rings is 1. The summed E-state index contributed by atoms with van der Waals surface area (Å²) < 4.78 is 27.2. The monoisotopic (exact) mass is 256 g/mol. The van der Waals surface area contributed by atoms with Crippen molar-refractivity contribution >= 4 is 22.9 Å². The first kappa shape index (κ1) is 12.2. The molecule has 1 aliphatic carbocycles. The molecule has 0 spiro atoms. The van der Waals surface area contributed by atoms with Crippen LogP contribution in [0.3, 0.4) is 0 Å². The molecule has 0 aliphatic heterocycles. The van der Waals surface area contributed by atoms with E-state index in [2.05, 4.69) is 24.5 Å². The molecule has 0 saturated heterocycles. The molecule has 0 aromatic heterocycles. The normalized spacial score (nSPS) is 16.6. The molecule has 92 valence electrons. The van der Waals surface area contributed by atoms with Crippen LogP contribution in [-0.2, 0) is 0 Å².